The van der Waals surface area contributed by atoms with E-state index in [4.69, 9.17) is 39.3 Å². The van der Waals surface area contributed by atoms with Crippen LogP contribution in [0.5, 0.6) is 0 Å². The molecule has 0 fully saturated rings. The summed E-state index contributed by atoms with van der Waals surface area (Å²) < 4.78 is 20.8. The first kappa shape index (κ1) is 21.2. The number of aryl methyl sites for hydroxylation is 2. The van der Waals surface area contributed by atoms with Gasteiger partial charge in [0.2, 0.25) is 0 Å². The van der Waals surface area contributed by atoms with Crippen molar-refractivity contribution in [3.05, 3.63) is 74.3 Å². The zero-order valence-corrected chi connectivity index (χ0v) is 18.9. The Kier molecular flexibility index (Phi) is 6.06. The van der Waals surface area contributed by atoms with Crippen LogP contribution in [0.25, 0.3) is 17.1 Å². The molecule has 4 rings (SSSR count). The highest BCUT2D eigenvalue weighted by Gasteiger charge is 2.20. The number of rotatable bonds is 5. The Morgan fingerprint density at radius 3 is 2.50 bits per heavy atom. The second-order valence-electron chi connectivity index (χ2n) is 6.46. The molecule has 2 aromatic heterocycles. The third-order valence-electron chi connectivity index (χ3n) is 4.49. The molecule has 0 spiro atoms. The van der Waals surface area contributed by atoms with Crippen LogP contribution in [0.2, 0.25) is 15.1 Å². The lowest BCUT2D eigenvalue weighted by molar-refractivity contribution is 0.392. The van der Waals surface area contributed by atoms with E-state index >= 15 is 0 Å². The van der Waals surface area contributed by atoms with Gasteiger partial charge in [0, 0.05) is 21.9 Å². The summed E-state index contributed by atoms with van der Waals surface area (Å²) in [5.74, 6) is 1.30. The van der Waals surface area contributed by atoms with Crippen molar-refractivity contribution >= 4 is 46.6 Å². The van der Waals surface area contributed by atoms with Crippen LogP contribution in [0.15, 0.2) is 46.1 Å². The van der Waals surface area contributed by atoms with Crippen LogP contribution in [0, 0.1) is 19.7 Å². The Morgan fingerprint density at radius 1 is 1.03 bits per heavy atom. The predicted molar refractivity (Wildman–Crippen MR) is 117 cm³/mol. The Bertz CT molecular complexity index is 1220. The van der Waals surface area contributed by atoms with Gasteiger partial charge in [0.1, 0.15) is 11.6 Å². The smallest absolute Gasteiger partial charge is 0.196 e. The number of hydrogen-bond acceptors (Lipinski definition) is 5. The summed E-state index contributed by atoms with van der Waals surface area (Å²) in [7, 11) is 0. The maximum atomic E-state index is 13.8. The van der Waals surface area contributed by atoms with Gasteiger partial charge in [-0.1, -0.05) is 51.7 Å². The largest absolute Gasteiger partial charge is 0.361 e. The van der Waals surface area contributed by atoms with Gasteiger partial charge in [0.15, 0.2) is 11.0 Å². The molecule has 0 radical (unpaired) electrons. The molecule has 4 aromatic rings. The summed E-state index contributed by atoms with van der Waals surface area (Å²) in [6, 6.07) is 9.54. The van der Waals surface area contributed by atoms with E-state index in [1.807, 2.05) is 13.8 Å². The Labute approximate surface area is 191 Å². The predicted octanol–water partition coefficient (Wildman–Crippen LogP) is 6.93. The average Bonchev–Trinajstić information content (AvgIpc) is 3.25. The molecule has 0 atom stereocenters. The molecule has 0 aliphatic rings. The van der Waals surface area contributed by atoms with E-state index < -0.39 is 5.82 Å². The maximum absolute atomic E-state index is 13.8. The molecule has 154 valence electrons. The molecular formula is C20H14Cl3FN4OS. The van der Waals surface area contributed by atoms with Crippen LogP contribution in [0.1, 0.15) is 17.0 Å². The third-order valence-corrected chi connectivity index (χ3v) is 6.29. The zero-order valence-electron chi connectivity index (χ0n) is 15.8. The van der Waals surface area contributed by atoms with Gasteiger partial charge in [0.25, 0.3) is 0 Å². The van der Waals surface area contributed by atoms with Gasteiger partial charge in [-0.3, -0.25) is 4.57 Å². The molecule has 5 nitrogen and oxygen atoms in total. The SMILES string of the molecule is Cc1noc(C)c1CSc1nnc(-c2ccc(Cl)cc2Cl)n1-c1ccc(F)c(Cl)c1. The summed E-state index contributed by atoms with van der Waals surface area (Å²) in [6.07, 6.45) is 0. The van der Waals surface area contributed by atoms with Crippen molar-refractivity contribution in [3.63, 3.8) is 0 Å². The minimum absolute atomic E-state index is 0.00368. The molecule has 0 saturated carbocycles. The van der Waals surface area contributed by atoms with Crippen LogP contribution < -0.4 is 0 Å². The fourth-order valence-corrected chi connectivity index (χ4v) is 4.68. The van der Waals surface area contributed by atoms with Crippen molar-refractivity contribution in [1.82, 2.24) is 19.9 Å². The molecule has 0 unspecified atom stereocenters. The van der Waals surface area contributed by atoms with E-state index in [1.54, 1.807) is 28.8 Å². The summed E-state index contributed by atoms with van der Waals surface area (Å²) in [5.41, 5.74) is 3.04. The van der Waals surface area contributed by atoms with E-state index in [1.165, 1.54) is 23.9 Å². The Morgan fingerprint density at radius 2 is 1.83 bits per heavy atom. The van der Waals surface area contributed by atoms with Crippen LogP contribution in [0.4, 0.5) is 4.39 Å². The minimum Gasteiger partial charge on any atom is -0.361 e. The summed E-state index contributed by atoms with van der Waals surface area (Å²) >= 11 is 19.9. The summed E-state index contributed by atoms with van der Waals surface area (Å²) in [4.78, 5) is 0. The average molecular weight is 484 g/mol. The van der Waals surface area contributed by atoms with Crippen molar-refractivity contribution in [3.8, 4) is 17.1 Å². The van der Waals surface area contributed by atoms with Gasteiger partial charge in [-0.25, -0.2) is 4.39 Å². The molecule has 0 aliphatic carbocycles. The van der Waals surface area contributed by atoms with Gasteiger partial charge in [-0.2, -0.15) is 0 Å². The topological polar surface area (TPSA) is 56.7 Å². The standard InChI is InChI=1S/C20H14Cl3FN4OS/c1-10-15(11(2)29-27-10)9-30-20-26-25-19(14-5-3-12(21)7-16(14)22)28(20)13-4-6-18(24)17(23)8-13/h3-8H,9H2,1-2H3. The normalized spacial score (nSPS) is 11.3. The number of nitrogens with zero attached hydrogens (tertiary/aromatic N) is 4. The molecule has 2 heterocycles. The lowest BCUT2D eigenvalue weighted by Crippen LogP contribution is -2.01. The fourth-order valence-electron chi connectivity index (χ4n) is 2.91. The Balaban J connectivity index is 1.82. The second-order valence-corrected chi connectivity index (χ2v) is 8.65. The lowest BCUT2D eigenvalue weighted by atomic mass is 10.2. The van der Waals surface area contributed by atoms with E-state index in [2.05, 4.69) is 15.4 Å². The van der Waals surface area contributed by atoms with Crippen molar-refractivity contribution in [2.45, 2.75) is 24.8 Å². The first-order chi connectivity index (χ1) is 14.3. The number of aromatic nitrogens is 4. The second kappa shape index (κ2) is 8.59. The van der Waals surface area contributed by atoms with Gasteiger partial charge >= 0.3 is 0 Å². The van der Waals surface area contributed by atoms with E-state index in [-0.39, 0.29) is 5.02 Å². The van der Waals surface area contributed by atoms with Crippen molar-refractivity contribution in [2.24, 2.45) is 0 Å². The number of thioether (sulfide) groups is 1. The number of halogens is 4. The molecule has 2 aromatic carbocycles. The summed E-state index contributed by atoms with van der Waals surface area (Å²) in [5, 5.41) is 14.2. The molecule has 0 amide bonds. The highest BCUT2D eigenvalue weighted by Crippen LogP contribution is 2.35. The molecule has 0 saturated heterocycles. The van der Waals surface area contributed by atoms with E-state index in [0.717, 1.165) is 17.0 Å². The van der Waals surface area contributed by atoms with Crippen LogP contribution in [0.3, 0.4) is 0 Å². The monoisotopic (exact) mass is 482 g/mol. The molecule has 30 heavy (non-hydrogen) atoms. The number of benzene rings is 2. The first-order valence-corrected chi connectivity index (χ1v) is 10.9. The molecule has 10 heteroatoms. The molecule has 0 bridgehead atoms. The third kappa shape index (κ3) is 4.07. The Hall–Kier alpha value is -2.06. The van der Waals surface area contributed by atoms with Crippen molar-refractivity contribution in [2.75, 3.05) is 0 Å². The zero-order chi connectivity index (χ0) is 21.4. The maximum Gasteiger partial charge on any atom is 0.196 e. The van der Waals surface area contributed by atoms with Gasteiger partial charge in [-0.05, 0) is 50.2 Å². The fraction of sp³-hybridized carbons (Fsp3) is 0.150. The summed E-state index contributed by atoms with van der Waals surface area (Å²) in [6.45, 7) is 3.75. The lowest BCUT2D eigenvalue weighted by Gasteiger charge is -2.12. The molecular weight excluding hydrogens is 470 g/mol. The van der Waals surface area contributed by atoms with Gasteiger partial charge < -0.3 is 4.52 Å². The quantitative estimate of drug-likeness (QED) is 0.288. The molecule has 0 aliphatic heterocycles. The van der Waals surface area contributed by atoms with Crippen LogP contribution >= 0.6 is 46.6 Å². The first-order valence-electron chi connectivity index (χ1n) is 8.76. The molecule has 0 N–H and O–H groups in total. The van der Waals surface area contributed by atoms with Crippen LogP contribution in [-0.4, -0.2) is 19.9 Å². The van der Waals surface area contributed by atoms with Gasteiger partial charge in [-0.15, -0.1) is 10.2 Å². The van der Waals surface area contributed by atoms with Gasteiger partial charge in [0.05, 0.1) is 21.4 Å². The minimum atomic E-state index is -0.510. The highest BCUT2D eigenvalue weighted by molar-refractivity contribution is 7.98. The van der Waals surface area contributed by atoms with Crippen molar-refractivity contribution in [1.29, 1.82) is 0 Å². The number of hydrogen-bond donors (Lipinski definition) is 0. The highest BCUT2D eigenvalue weighted by atomic mass is 35.5. The van der Waals surface area contributed by atoms with E-state index in [9.17, 15) is 4.39 Å². The van der Waals surface area contributed by atoms with Crippen LogP contribution in [-0.2, 0) is 5.75 Å². The van der Waals surface area contributed by atoms with Crippen molar-refractivity contribution < 1.29 is 8.91 Å². The van der Waals surface area contributed by atoms with E-state index in [0.29, 0.717) is 38.0 Å².